The minimum Gasteiger partial charge on any atom is -0.467 e. The molecule has 1 aliphatic heterocycles. The lowest BCUT2D eigenvalue weighted by molar-refractivity contribution is -0.146. The van der Waals surface area contributed by atoms with Gasteiger partial charge in [-0.05, 0) is 23.3 Å². The zero-order valence-corrected chi connectivity index (χ0v) is 12.3. The first-order valence-corrected chi connectivity index (χ1v) is 6.56. The van der Waals surface area contributed by atoms with E-state index in [9.17, 15) is 9.59 Å². The number of fused-ring (bicyclic) bond motifs is 1. The molecule has 1 amide bonds. The molecule has 0 fully saturated rings. The second kappa shape index (κ2) is 5.61. The lowest BCUT2D eigenvalue weighted by Crippen LogP contribution is -2.49. The molecule has 0 aromatic heterocycles. The molecule has 6 heteroatoms. The molecule has 1 heterocycles. The molecule has 0 saturated heterocycles. The molecule has 5 nitrogen and oxygen atoms in total. The maximum atomic E-state index is 11.8. The third kappa shape index (κ3) is 2.73. The third-order valence-corrected chi connectivity index (χ3v) is 3.67. The Balaban J connectivity index is 2.36. The van der Waals surface area contributed by atoms with Crippen molar-refractivity contribution in [2.75, 3.05) is 14.2 Å². The molecule has 1 aromatic rings. The molecule has 0 spiro atoms. The van der Waals surface area contributed by atoms with Crippen molar-refractivity contribution in [2.24, 2.45) is 0 Å². The molecule has 19 heavy (non-hydrogen) atoms. The standard InChI is InChI=1S/C13H14BrNO4/c1-18-12(16)11-6-9-5-10(14)4-3-8(9)7-15(11)13(17)19-2/h3-5,11H,6-7H2,1-2H3. The highest BCUT2D eigenvalue weighted by molar-refractivity contribution is 9.10. The van der Waals surface area contributed by atoms with Crippen LogP contribution in [0.25, 0.3) is 0 Å². The van der Waals surface area contributed by atoms with E-state index >= 15 is 0 Å². The summed E-state index contributed by atoms with van der Waals surface area (Å²) in [5.41, 5.74) is 2.04. The monoisotopic (exact) mass is 327 g/mol. The fraction of sp³-hybridized carbons (Fsp3) is 0.385. The van der Waals surface area contributed by atoms with Crippen LogP contribution >= 0.6 is 15.9 Å². The van der Waals surface area contributed by atoms with E-state index in [0.717, 1.165) is 15.6 Å². The Hall–Kier alpha value is -1.56. The summed E-state index contributed by atoms with van der Waals surface area (Å²) in [5.74, 6) is -0.434. The zero-order valence-electron chi connectivity index (χ0n) is 10.7. The van der Waals surface area contributed by atoms with Gasteiger partial charge in [0.25, 0.3) is 0 Å². The Labute approximate surface area is 119 Å². The summed E-state index contributed by atoms with van der Waals surface area (Å²) in [6, 6.07) is 5.16. The van der Waals surface area contributed by atoms with Crippen LogP contribution in [0.1, 0.15) is 11.1 Å². The SMILES string of the molecule is COC(=O)C1Cc2cc(Br)ccc2CN1C(=O)OC. The lowest BCUT2D eigenvalue weighted by Gasteiger charge is -2.34. The van der Waals surface area contributed by atoms with Gasteiger partial charge in [0.15, 0.2) is 0 Å². The molecule has 0 bridgehead atoms. The first-order valence-electron chi connectivity index (χ1n) is 5.76. The van der Waals surface area contributed by atoms with Crippen molar-refractivity contribution in [1.29, 1.82) is 0 Å². The molecule has 102 valence electrons. The molecule has 1 unspecified atom stereocenters. The number of rotatable bonds is 1. The summed E-state index contributed by atoms with van der Waals surface area (Å²) in [7, 11) is 2.61. The third-order valence-electron chi connectivity index (χ3n) is 3.18. The summed E-state index contributed by atoms with van der Waals surface area (Å²) in [4.78, 5) is 25.0. The highest BCUT2D eigenvalue weighted by Crippen LogP contribution is 2.27. The van der Waals surface area contributed by atoms with Crippen LogP contribution in [-0.2, 0) is 27.2 Å². The first-order chi connectivity index (χ1) is 9.06. The molecular weight excluding hydrogens is 314 g/mol. The number of halogens is 1. The number of amides is 1. The summed E-state index contributed by atoms with van der Waals surface area (Å²) < 4.78 is 10.4. The van der Waals surface area contributed by atoms with Crippen molar-refractivity contribution < 1.29 is 19.1 Å². The van der Waals surface area contributed by atoms with E-state index in [2.05, 4.69) is 15.9 Å². The zero-order chi connectivity index (χ0) is 14.0. The van der Waals surface area contributed by atoms with E-state index in [1.165, 1.54) is 19.1 Å². The molecular formula is C13H14BrNO4. The summed E-state index contributed by atoms with van der Waals surface area (Å²) in [6.07, 6.45) is -0.0970. The van der Waals surface area contributed by atoms with Gasteiger partial charge in [0.1, 0.15) is 6.04 Å². The van der Waals surface area contributed by atoms with Crippen LogP contribution in [0.3, 0.4) is 0 Å². The molecule has 2 rings (SSSR count). The maximum absolute atomic E-state index is 11.8. The van der Waals surface area contributed by atoms with E-state index in [1.54, 1.807) is 0 Å². The number of ether oxygens (including phenoxy) is 2. The van der Waals surface area contributed by atoms with Gasteiger partial charge in [0.05, 0.1) is 20.8 Å². The first kappa shape index (κ1) is 13.9. The smallest absolute Gasteiger partial charge is 0.410 e. The Morgan fingerprint density at radius 1 is 1.26 bits per heavy atom. The Bertz CT molecular complexity index is 517. The van der Waals surface area contributed by atoms with E-state index in [1.807, 2.05) is 18.2 Å². The van der Waals surface area contributed by atoms with Crippen molar-refractivity contribution in [3.63, 3.8) is 0 Å². The van der Waals surface area contributed by atoms with Gasteiger partial charge in [-0.2, -0.15) is 0 Å². The second-order valence-corrected chi connectivity index (χ2v) is 5.17. The minimum absolute atomic E-state index is 0.342. The van der Waals surface area contributed by atoms with Gasteiger partial charge in [-0.3, -0.25) is 4.90 Å². The fourth-order valence-electron chi connectivity index (χ4n) is 2.21. The Morgan fingerprint density at radius 3 is 2.63 bits per heavy atom. The van der Waals surface area contributed by atoms with E-state index in [4.69, 9.17) is 9.47 Å². The highest BCUT2D eigenvalue weighted by atomic mass is 79.9. The van der Waals surface area contributed by atoms with Crippen molar-refractivity contribution in [3.05, 3.63) is 33.8 Å². The van der Waals surface area contributed by atoms with Gasteiger partial charge in [-0.15, -0.1) is 0 Å². The van der Waals surface area contributed by atoms with Gasteiger partial charge in [-0.25, -0.2) is 9.59 Å². The van der Waals surface area contributed by atoms with Crippen LogP contribution in [0.4, 0.5) is 4.79 Å². The number of nitrogens with zero attached hydrogens (tertiary/aromatic N) is 1. The molecule has 1 atom stereocenters. The molecule has 0 saturated carbocycles. The summed E-state index contributed by atoms with van der Waals surface area (Å²) in [6.45, 7) is 0.342. The normalized spacial score (nSPS) is 17.6. The lowest BCUT2D eigenvalue weighted by atomic mass is 9.94. The highest BCUT2D eigenvalue weighted by Gasteiger charge is 2.36. The van der Waals surface area contributed by atoms with Crippen LogP contribution in [-0.4, -0.2) is 37.2 Å². The van der Waals surface area contributed by atoms with E-state index < -0.39 is 18.1 Å². The van der Waals surface area contributed by atoms with Crippen LogP contribution in [0.15, 0.2) is 22.7 Å². The number of carbonyl (C=O) groups excluding carboxylic acids is 2. The molecule has 0 radical (unpaired) electrons. The average Bonchev–Trinajstić information content (AvgIpc) is 2.44. The number of esters is 1. The Kier molecular flexibility index (Phi) is 4.09. The quantitative estimate of drug-likeness (QED) is 0.741. The Morgan fingerprint density at radius 2 is 2.00 bits per heavy atom. The number of hydrogen-bond donors (Lipinski definition) is 0. The molecule has 0 N–H and O–H groups in total. The topological polar surface area (TPSA) is 55.8 Å². The number of hydrogen-bond acceptors (Lipinski definition) is 4. The number of methoxy groups -OCH3 is 2. The van der Waals surface area contributed by atoms with Gasteiger partial charge in [0, 0.05) is 10.9 Å². The van der Waals surface area contributed by atoms with Crippen molar-refractivity contribution in [1.82, 2.24) is 4.90 Å². The molecule has 0 aliphatic carbocycles. The van der Waals surface area contributed by atoms with Crippen LogP contribution < -0.4 is 0 Å². The van der Waals surface area contributed by atoms with Crippen LogP contribution in [0.5, 0.6) is 0 Å². The fourth-order valence-corrected chi connectivity index (χ4v) is 2.62. The second-order valence-electron chi connectivity index (χ2n) is 4.25. The van der Waals surface area contributed by atoms with Crippen molar-refractivity contribution >= 4 is 28.0 Å². The predicted molar refractivity (Wildman–Crippen MR) is 71.6 cm³/mol. The van der Waals surface area contributed by atoms with Gasteiger partial charge < -0.3 is 9.47 Å². The molecule has 1 aliphatic rings. The number of benzene rings is 1. The average molecular weight is 328 g/mol. The summed E-state index contributed by atoms with van der Waals surface area (Å²) >= 11 is 3.40. The van der Waals surface area contributed by atoms with Crippen molar-refractivity contribution in [2.45, 2.75) is 19.0 Å². The maximum Gasteiger partial charge on any atom is 0.410 e. The summed E-state index contributed by atoms with van der Waals surface area (Å²) in [5, 5.41) is 0. The molecule has 1 aromatic carbocycles. The minimum atomic E-state index is -0.640. The van der Waals surface area contributed by atoms with Crippen LogP contribution in [0, 0.1) is 0 Å². The predicted octanol–water partition coefficient (Wildman–Crippen LogP) is 2.12. The van der Waals surface area contributed by atoms with E-state index in [0.29, 0.717) is 13.0 Å². The van der Waals surface area contributed by atoms with Gasteiger partial charge in [0.2, 0.25) is 0 Å². The largest absolute Gasteiger partial charge is 0.467 e. The van der Waals surface area contributed by atoms with Crippen LogP contribution in [0.2, 0.25) is 0 Å². The van der Waals surface area contributed by atoms with Gasteiger partial charge in [-0.1, -0.05) is 22.0 Å². The van der Waals surface area contributed by atoms with Gasteiger partial charge >= 0.3 is 12.1 Å². The van der Waals surface area contributed by atoms with Crippen molar-refractivity contribution in [3.8, 4) is 0 Å². The number of carbonyl (C=O) groups is 2. The van der Waals surface area contributed by atoms with E-state index in [-0.39, 0.29) is 0 Å².